The highest BCUT2D eigenvalue weighted by Gasteiger charge is 2.09. The van der Waals surface area contributed by atoms with Crippen molar-refractivity contribution in [1.82, 2.24) is 14.9 Å². The number of nitrogen functional groups attached to an aromatic ring is 1. The fourth-order valence-corrected chi connectivity index (χ4v) is 2.92. The van der Waals surface area contributed by atoms with Crippen LogP contribution < -0.4 is 5.84 Å². The second kappa shape index (κ2) is 6.86. The van der Waals surface area contributed by atoms with E-state index in [2.05, 4.69) is 47.6 Å². The number of hydrogen-bond donors (Lipinski definition) is 1. The van der Waals surface area contributed by atoms with Gasteiger partial charge in [-0.25, -0.2) is 4.68 Å². The van der Waals surface area contributed by atoms with Crippen LogP contribution >= 0.6 is 23.5 Å². The lowest BCUT2D eigenvalue weighted by atomic mass is 10.2. The summed E-state index contributed by atoms with van der Waals surface area (Å²) in [5.74, 6) is 8.72. The maximum absolute atomic E-state index is 6.00. The monoisotopic (exact) mass is 294 g/mol. The topological polar surface area (TPSA) is 56.7 Å². The molecule has 19 heavy (non-hydrogen) atoms. The van der Waals surface area contributed by atoms with Gasteiger partial charge in [0, 0.05) is 17.9 Å². The molecule has 2 N–H and O–H groups in total. The molecule has 0 aliphatic carbocycles. The smallest absolute Gasteiger partial charge is 0.210 e. The van der Waals surface area contributed by atoms with Gasteiger partial charge in [-0.3, -0.25) is 0 Å². The molecule has 1 heterocycles. The molecule has 2 rings (SSSR count). The molecule has 0 unspecified atom stereocenters. The van der Waals surface area contributed by atoms with Crippen LogP contribution in [0.25, 0.3) is 0 Å². The van der Waals surface area contributed by atoms with Crippen LogP contribution in [0.3, 0.4) is 0 Å². The van der Waals surface area contributed by atoms with Gasteiger partial charge >= 0.3 is 0 Å². The predicted molar refractivity (Wildman–Crippen MR) is 83.0 cm³/mol. The average Bonchev–Trinajstić information content (AvgIpc) is 2.75. The minimum atomic E-state index is 0.776. The number of hydrogen-bond acceptors (Lipinski definition) is 5. The first-order chi connectivity index (χ1) is 9.20. The second-order valence-corrected chi connectivity index (χ2v) is 6.22. The highest BCUT2D eigenvalue weighted by molar-refractivity contribution is 7.98. The van der Waals surface area contributed by atoms with Crippen molar-refractivity contribution in [3.63, 3.8) is 0 Å². The third-order valence-corrected chi connectivity index (χ3v) is 4.34. The maximum Gasteiger partial charge on any atom is 0.210 e. The Kier molecular flexibility index (Phi) is 5.15. The zero-order valence-electron chi connectivity index (χ0n) is 11.2. The minimum absolute atomic E-state index is 0.776. The van der Waals surface area contributed by atoms with Crippen molar-refractivity contribution in [2.24, 2.45) is 0 Å². The van der Waals surface area contributed by atoms with Crippen LogP contribution in [0.1, 0.15) is 17.0 Å². The van der Waals surface area contributed by atoms with Crippen LogP contribution in [0.4, 0.5) is 0 Å². The quantitative estimate of drug-likeness (QED) is 0.655. The van der Waals surface area contributed by atoms with Crippen LogP contribution in [-0.2, 0) is 12.2 Å². The molecule has 4 nitrogen and oxygen atoms in total. The Morgan fingerprint density at radius 1 is 1.32 bits per heavy atom. The van der Waals surface area contributed by atoms with E-state index in [9.17, 15) is 0 Å². The Labute approximate surface area is 122 Å². The average molecular weight is 294 g/mol. The highest BCUT2D eigenvalue weighted by atomic mass is 32.2. The van der Waals surface area contributed by atoms with Gasteiger partial charge in [-0.2, -0.15) is 11.8 Å². The van der Waals surface area contributed by atoms with Gasteiger partial charge in [0.2, 0.25) is 5.16 Å². The normalized spacial score (nSPS) is 10.8. The van der Waals surface area contributed by atoms with Gasteiger partial charge in [-0.1, -0.05) is 41.6 Å². The lowest BCUT2D eigenvalue weighted by Gasteiger charge is -2.04. The van der Waals surface area contributed by atoms with E-state index in [-0.39, 0.29) is 0 Å². The molecule has 0 amide bonds. The van der Waals surface area contributed by atoms with E-state index in [0.717, 1.165) is 28.9 Å². The van der Waals surface area contributed by atoms with Crippen molar-refractivity contribution >= 4 is 23.5 Å². The van der Waals surface area contributed by atoms with Gasteiger partial charge in [0.15, 0.2) is 5.82 Å². The third-order valence-electron chi connectivity index (χ3n) is 2.72. The van der Waals surface area contributed by atoms with Crippen LogP contribution in [0.15, 0.2) is 29.4 Å². The number of aromatic nitrogens is 3. The van der Waals surface area contributed by atoms with Crippen LogP contribution in [0, 0.1) is 6.92 Å². The summed E-state index contributed by atoms with van der Waals surface area (Å²) in [7, 11) is 0. The van der Waals surface area contributed by atoms with E-state index in [1.165, 1.54) is 11.1 Å². The van der Waals surface area contributed by atoms with Crippen molar-refractivity contribution in [3.05, 3.63) is 41.2 Å². The zero-order chi connectivity index (χ0) is 13.7. The summed E-state index contributed by atoms with van der Waals surface area (Å²) in [6, 6.07) is 8.47. The number of nitrogens with two attached hydrogens (primary N) is 1. The van der Waals surface area contributed by atoms with Gasteiger partial charge in [0.25, 0.3) is 0 Å². The van der Waals surface area contributed by atoms with Gasteiger partial charge in [0.05, 0.1) is 0 Å². The van der Waals surface area contributed by atoms with Crippen molar-refractivity contribution in [1.29, 1.82) is 0 Å². The van der Waals surface area contributed by atoms with Crippen LogP contribution in [-0.4, -0.2) is 26.9 Å². The molecule has 1 aromatic carbocycles. The minimum Gasteiger partial charge on any atom is -0.336 e. The second-order valence-electron chi connectivity index (χ2n) is 4.29. The summed E-state index contributed by atoms with van der Waals surface area (Å²) in [5.41, 5.74) is 2.55. The van der Waals surface area contributed by atoms with Gasteiger partial charge < -0.3 is 5.84 Å². The van der Waals surface area contributed by atoms with E-state index < -0.39 is 0 Å². The van der Waals surface area contributed by atoms with E-state index in [1.54, 1.807) is 28.2 Å². The summed E-state index contributed by atoms with van der Waals surface area (Å²) >= 11 is 3.40. The highest BCUT2D eigenvalue weighted by Crippen LogP contribution is 2.21. The molecule has 0 aliphatic rings. The molecule has 1 aromatic heterocycles. The molecule has 0 fully saturated rings. The first-order valence-corrected chi connectivity index (χ1v) is 8.45. The van der Waals surface area contributed by atoms with E-state index in [4.69, 9.17) is 5.84 Å². The fourth-order valence-electron chi connectivity index (χ4n) is 1.72. The number of thioether (sulfide) groups is 2. The Balaban J connectivity index is 1.98. The molecule has 0 spiro atoms. The molecular weight excluding hydrogens is 276 g/mol. The standard InChI is InChI=1S/C13H18N4S2/c1-10-4-3-5-11(8-10)9-19-13-16-15-12(17(13)14)6-7-18-2/h3-5,8H,6-7,9,14H2,1-2H3. The summed E-state index contributed by atoms with van der Waals surface area (Å²) < 4.78 is 1.61. The zero-order valence-corrected chi connectivity index (χ0v) is 12.8. The molecule has 102 valence electrons. The number of rotatable bonds is 6. The SMILES string of the molecule is CSCCc1nnc(SCc2cccc(C)c2)n1N. The van der Waals surface area contributed by atoms with Crippen molar-refractivity contribution in [2.45, 2.75) is 24.3 Å². The molecular formula is C13H18N4S2. The Morgan fingerprint density at radius 3 is 2.89 bits per heavy atom. The maximum atomic E-state index is 6.00. The molecule has 2 aromatic rings. The van der Waals surface area contributed by atoms with Crippen LogP contribution in [0.2, 0.25) is 0 Å². The molecule has 6 heteroatoms. The summed E-state index contributed by atoms with van der Waals surface area (Å²) in [6.07, 6.45) is 2.93. The summed E-state index contributed by atoms with van der Waals surface area (Å²) in [4.78, 5) is 0. The first-order valence-electron chi connectivity index (χ1n) is 6.07. The fraction of sp³-hybridized carbons (Fsp3) is 0.385. The van der Waals surface area contributed by atoms with E-state index in [0.29, 0.717) is 0 Å². The number of aryl methyl sites for hydroxylation is 2. The molecule has 0 saturated carbocycles. The van der Waals surface area contributed by atoms with Gasteiger partial charge in [-0.05, 0) is 18.7 Å². The largest absolute Gasteiger partial charge is 0.336 e. The number of nitrogens with zero attached hydrogens (tertiary/aromatic N) is 3. The first kappa shape index (κ1) is 14.3. The Morgan fingerprint density at radius 2 is 2.16 bits per heavy atom. The van der Waals surface area contributed by atoms with Gasteiger partial charge in [0.1, 0.15) is 0 Å². The molecule has 0 bridgehead atoms. The van der Waals surface area contributed by atoms with E-state index >= 15 is 0 Å². The van der Waals surface area contributed by atoms with Crippen molar-refractivity contribution in [2.75, 3.05) is 17.9 Å². The Hall–Kier alpha value is -1.14. The molecule has 0 saturated heterocycles. The third kappa shape index (κ3) is 3.91. The predicted octanol–water partition coefficient (Wildman–Crippen LogP) is 2.50. The van der Waals surface area contributed by atoms with Crippen LogP contribution in [0.5, 0.6) is 0 Å². The lowest BCUT2D eigenvalue weighted by Crippen LogP contribution is -2.14. The molecule has 0 atom stereocenters. The Bertz CT molecular complexity index is 539. The van der Waals surface area contributed by atoms with Crippen molar-refractivity contribution in [3.8, 4) is 0 Å². The van der Waals surface area contributed by atoms with E-state index in [1.807, 2.05) is 0 Å². The number of benzene rings is 1. The summed E-state index contributed by atoms with van der Waals surface area (Å²) in [5, 5.41) is 9.06. The molecule has 0 aliphatic heterocycles. The van der Waals surface area contributed by atoms with Gasteiger partial charge in [-0.15, -0.1) is 10.2 Å². The molecule has 0 radical (unpaired) electrons. The van der Waals surface area contributed by atoms with Crippen molar-refractivity contribution < 1.29 is 0 Å². The summed E-state index contributed by atoms with van der Waals surface area (Å²) in [6.45, 7) is 2.10. The lowest BCUT2D eigenvalue weighted by molar-refractivity contribution is 0.799.